The predicted molar refractivity (Wildman–Crippen MR) is 68.8 cm³/mol. The Balaban J connectivity index is 2.06. The van der Waals surface area contributed by atoms with Crippen LogP contribution >= 0.6 is 11.6 Å². The number of hydrogen-bond donors (Lipinski definition) is 2. The molecule has 1 aliphatic carbocycles. The van der Waals surface area contributed by atoms with E-state index in [0.29, 0.717) is 5.02 Å². The first kappa shape index (κ1) is 12.4. The maximum absolute atomic E-state index is 11.9. The van der Waals surface area contributed by atoms with Gasteiger partial charge in [0, 0.05) is 5.02 Å². The molecule has 4 heteroatoms. The number of nitrogens with one attached hydrogen (secondary N) is 1. The van der Waals surface area contributed by atoms with Crippen LogP contribution < -0.4 is 11.1 Å². The van der Waals surface area contributed by atoms with Crippen molar-refractivity contribution in [2.45, 2.75) is 37.8 Å². The Morgan fingerprint density at radius 3 is 2.53 bits per heavy atom. The van der Waals surface area contributed by atoms with Gasteiger partial charge >= 0.3 is 0 Å². The Morgan fingerprint density at radius 2 is 2.06 bits per heavy atom. The minimum absolute atomic E-state index is 0.0146. The first-order chi connectivity index (χ1) is 8.05. The van der Waals surface area contributed by atoms with Crippen molar-refractivity contribution in [2.75, 3.05) is 0 Å². The Morgan fingerprint density at radius 1 is 1.47 bits per heavy atom. The summed E-state index contributed by atoms with van der Waals surface area (Å²) in [4.78, 5) is 11.9. The first-order valence-corrected chi connectivity index (χ1v) is 6.28. The van der Waals surface area contributed by atoms with Crippen LogP contribution in [0.4, 0.5) is 0 Å². The molecule has 92 valence electrons. The van der Waals surface area contributed by atoms with Crippen LogP contribution in [0.5, 0.6) is 0 Å². The van der Waals surface area contributed by atoms with Crippen LogP contribution in [0.15, 0.2) is 24.3 Å². The Labute approximate surface area is 106 Å². The van der Waals surface area contributed by atoms with E-state index in [-0.39, 0.29) is 11.9 Å². The van der Waals surface area contributed by atoms with Crippen LogP contribution in [0, 0.1) is 0 Å². The SMILES string of the molecule is CCC(NC(=O)C1(N)CC1)c1ccc(Cl)cc1. The van der Waals surface area contributed by atoms with E-state index < -0.39 is 5.54 Å². The largest absolute Gasteiger partial charge is 0.348 e. The molecule has 1 unspecified atom stereocenters. The van der Waals surface area contributed by atoms with E-state index in [1.165, 1.54) is 0 Å². The number of halogens is 1. The van der Waals surface area contributed by atoms with E-state index in [4.69, 9.17) is 17.3 Å². The van der Waals surface area contributed by atoms with Crippen molar-refractivity contribution in [2.24, 2.45) is 5.73 Å². The quantitative estimate of drug-likeness (QED) is 0.865. The summed E-state index contributed by atoms with van der Waals surface area (Å²) in [6.07, 6.45) is 2.41. The van der Waals surface area contributed by atoms with Crippen LogP contribution in [0.1, 0.15) is 37.8 Å². The van der Waals surface area contributed by atoms with Crippen LogP contribution in [0.25, 0.3) is 0 Å². The van der Waals surface area contributed by atoms with Crippen LogP contribution in [0.3, 0.4) is 0 Å². The van der Waals surface area contributed by atoms with Gasteiger partial charge in [-0.05, 0) is 37.0 Å². The minimum atomic E-state index is -0.611. The highest BCUT2D eigenvalue weighted by Gasteiger charge is 2.46. The molecule has 1 aromatic rings. The second-order valence-corrected chi connectivity index (χ2v) is 5.08. The van der Waals surface area contributed by atoms with E-state index in [1.807, 2.05) is 31.2 Å². The number of nitrogens with two attached hydrogens (primary N) is 1. The zero-order chi connectivity index (χ0) is 12.5. The van der Waals surface area contributed by atoms with Crippen molar-refractivity contribution in [1.82, 2.24) is 5.32 Å². The third-order valence-corrected chi connectivity index (χ3v) is 3.48. The summed E-state index contributed by atoms with van der Waals surface area (Å²) in [5, 5.41) is 3.70. The van der Waals surface area contributed by atoms with Gasteiger partial charge in [0.2, 0.25) is 5.91 Å². The maximum atomic E-state index is 11.9. The number of hydrogen-bond acceptors (Lipinski definition) is 2. The third kappa shape index (κ3) is 2.79. The lowest BCUT2D eigenvalue weighted by molar-refractivity contribution is -0.124. The van der Waals surface area contributed by atoms with Crippen molar-refractivity contribution in [3.05, 3.63) is 34.9 Å². The number of carbonyl (C=O) groups excluding carboxylic acids is 1. The molecule has 0 saturated heterocycles. The fraction of sp³-hybridized carbons (Fsp3) is 0.462. The standard InChI is InChI=1S/C13H17ClN2O/c1-2-11(9-3-5-10(14)6-4-9)16-12(17)13(15)7-8-13/h3-6,11H,2,7-8,15H2,1H3,(H,16,17). The average molecular weight is 253 g/mol. The van der Waals surface area contributed by atoms with Gasteiger partial charge in [-0.15, -0.1) is 0 Å². The Hall–Kier alpha value is -1.06. The van der Waals surface area contributed by atoms with Crippen molar-refractivity contribution in [3.63, 3.8) is 0 Å². The first-order valence-electron chi connectivity index (χ1n) is 5.90. The molecule has 1 saturated carbocycles. The number of rotatable bonds is 4. The van der Waals surface area contributed by atoms with Gasteiger partial charge in [-0.2, -0.15) is 0 Å². The predicted octanol–water partition coefficient (Wildman–Crippen LogP) is 2.40. The molecule has 1 aliphatic rings. The lowest BCUT2D eigenvalue weighted by Gasteiger charge is -2.20. The van der Waals surface area contributed by atoms with Gasteiger partial charge in [0.25, 0.3) is 0 Å². The lowest BCUT2D eigenvalue weighted by atomic mass is 10.0. The highest BCUT2D eigenvalue weighted by Crippen LogP contribution is 2.33. The molecule has 1 aromatic carbocycles. The summed E-state index contributed by atoms with van der Waals surface area (Å²) in [7, 11) is 0. The van der Waals surface area contributed by atoms with Crippen LogP contribution in [-0.2, 0) is 4.79 Å². The zero-order valence-electron chi connectivity index (χ0n) is 9.87. The molecule has 0 spiro atoms. The number of carbonyl (C=O) groups is 1. The van der Waals surface area contributed by atoms with E-state index in [2.05, 4.69) is 5.32 Å². The van der Waals surface area contributed by atoms with Crippen molar-refractivity contribution < 1.29 is 4.79 Å². The van der Waals surface area contributed by atoms with Gasteiger partial charge in [0.15, 0.2) is 0 Å². The molecule has 0 radical (unpaired) electrons. The second-order valence-electron chi connectivity index (χ2n) is 4.64. The molecule has 0 heterocycles. The van der Waals surface area contributed by atoms with E-state index in [0.717, 1.165) is 24.8 Å². The molecule has 1 amide bonds. The molecule has 0 bridgehead atoms. The third-order valence-electron chi connectivity index (χ3n) is 3.23. The van der Waals surface area contributed by atoms with Crippen LogP contribution in [-0.4, -0.2) is 11.4 Å². The summed E-state index contributed by atoms with van der Waals surface area (Å²) >= 11 is 5.84. The topological polar surface area (TPSA) is 55.1 Å². The lowest BCUT2D eigenvalue weighted by Crippen LogP contribution is -2.44. The number of benzene rings is 1. The smallest absolute Gasteiger partial charge is 0.240 e. The highest BCUT2D eigenvalue weighted by atomic mass is 35.5. The molecule has 3 nitrogen and oxygen atoms in total. The summed E-state index contributed by atoms with van der Waals surface area (Å²) in [5.41, 5.74) is 6.32. The van der Waals surface area contributed by atoms with Crippen molar-refractivity contribution in [1.29, 1.82) is 0 Å². The monoisotopic (exact) mass is 252 g/mol. The highest BCUT2D eigenvalue weighted by molar-refractivity contribution is 6.30. The summed E-state index contributed by atoms with van der Waals surface area (Å²) in [5.74, 6) is -0.0423. The normalized spacial score (nSPS) is 18.5. The fourth-order valence-corrected chi connectivity index (χ4v) is 1.91. The molecule has 0 aromatic heterocycles. The minimum Gasteiger partial charge on any atom is -0.348 e. The molecule has 1 atom stereocenters. The second kappa shape index (κ2) is 4.67. The maximum Gasteiger partial charge on any atom is 0.240 e. The van der Waals surface area contributed by atoms with Crippen molar-refractivity contribution in [3.8, 4) is 0 Å². The average Bonchev–Trinajstić information content (AvgIpc) is 3.07. The molecule has 17 heavy (non-hydrogen) atoms. The molecule has 2 rings (SSSR count). The fourth-order valence-electron chi connectivity index (χ4n) is 1.78. The van der Waals surface area contributed by atoms with Gasteiger partial charge < -0.3 is 11.1 Å². The number of amides is 1. The Bertz CT molecular complexity index is 412. The molecule has 3 N–H and O–H groups in total. The summed E-state index contributed by atoms with van der Waals surface area (Å²) in [6.45, 7) is 2.04. The summed E-state index contributed by atoms with van der Waals surface area (Å²) in [6, 6.07) is 7.56. The zero-order valence-corrected chi connectivity index (χ0v) is 10.6. The van der Waals surface area contributed by atoms with Crippen LogP contribution in [0.2, 0.25) is 5.02 Å². The molecule has 0 aliphatic heterocycles. The van der Waals surface area contributed by atoms with Gasteiger partial charge in [-0.3, -0.25) is 4.79 Å². The van der Waals surface area contributed by atoms with Gasteiger partial charge in [0.05, 0.1) is 11.6 Å². The van der Waals surface area contributed by atoms with Gasteiger partial charge in [-0.1, -0.05) is 30.7 Å². The molecular weight excluding hydrogens is 236 g/mol. The summed E-state index contributed by atoms with van der Waals surface area (Å²) < 4.78 is 0. The van der Waals surface area contributed by atoms with E-state index >= 15 is 0 Å². The van der Waals surface area contributed by atoms with Gasteiger partial charge in [-0.25, -0.2) is 0 Å². The Kier molecular flexibility index (Phi) is 3.40. The van der Waals surface area contributed by atoms with Gasteiger partial charge in [0.1, 0.15) is 0 Å². The molecule has 1 fully saturated rings. The van der Waals surface area contributed by atoms with E-state index in [1.54, 1.807) is 0 Å². The molecular formula is C13H17ClN2O. The van der Waals surface area contributed by atoms with Crippen molar-refractivity contribution >= 4 is 17.5 Å². The van der Waals surface area contributed by atoms with E-state index in [9.17, 15) is 4.79 Å².